The third-order valence-electron chi connectivity index (χ3n) is 2.71. The fourth-order valence-electron chi connectivity index (χ4n) is 1.93. The average Bonchev–Trinajstić information content (AvgIpc) is 2.87. The third-order valence-corrected chi connectivity index (χ3v) is 3.34. The second-order valence-corrected chi connectivity index (χ2v) is 4.72. The van der Waals surface area contributed by atoms with Crippen LogP contribution in [0.3, 0.4) is 0 Å². The van der Waals surface area contributed by atoms with Crippen molar-refractivity contribution in [3.05, 3.63) is 22.3 Å². The summed E-state index contributed by atoms with van der Waals surface area (Å²) in [6, 6.07) is 0. The number of hydrogen-bond acceptors (Lipinski definition) is 5. The van der Waals surface area contributed by atoms with Crippen molar-refractivity contribution in [2.75, 3.05) is 17.7 Å². The number of aryl methyl sites for hydroxylation is 2. The summed E-state index contributed by atoms with van der Waals surface area (Å²) in [5.74, 6) is 0.954. The Morgan fingerprint density at radius 3 is 2.82 bits per heavy atom. The van der Waals surface area contributed by atoms with Gasteiger partial charge in [-0.25, -0.2) is 4.98 Å². The van der Waals surface area contributed by atoms with E-state index in [1.807, 2.05) is 29.7 Å². The zero-order valence-electron chi connectivity index (χ0n) is 10.3. The Bertz CT molecular complexity index is 488. The van der Waals surface area contributed by atoms with Gasteiger partial charge in [-0.05, 0) is 6.42 Å². The molecule has 0 aromatic carbocycles. The van der Waals surface area contributed by atoms with Gasteiger partial charge in [0.2, 0.25) is 0 Å². The van der Waals surface area contributed by atoms with Crippen LogP contribution in [0.5, 0.6) is 0 Å². The molecule has 0 aliphatic rings. The van der Waals surface area contributed by atoms with E-state index in [4.69, 9.17) is 5.73 Å². The van der Waals surface area contributed by atoms with Crippen LogP contribution in [0.25, 0.3) is 0 Å². The topological polar surface area (TPSA) is 60.0 Å². The van der Waals surface area contributed by atoms with E-state index in [0.717, 1.165) is 35.9 Å². The van der Waals surface area contributed by atoms with Gasteiger partial charge in [0.15, 0.2) is 5.82 Å². The van der Waals surface area contributed by atoms with Gasteiger partial charge in [0, 0.05) is 19.5 Å². The highest BCUT2D eigenvalue weighted by Crippen LogP contribution is 2.26. The third kappa shape index (κ3) is 2.26. The molecule has 0 amide bonds. The van der Waals surface area contributed by atoms with E-state index in [9.17, 15) is 0 Å². The molecule has 0 aliphatic heterocycles. The van der Waals surface area contributed by atoms with E-state index in [2.05, 4.69) is 21.9 Å². The molecule has 0 aliphatic carbocycles. The van der Waals surface area contributed by atoms with Crippen LogP contribution < -0.4 is 10.6 Å². The maximum Gasteiger partial charge on any atom is 0.150 e. The Morgan fingerprint density at radius 2 is 2.29 bits per heavy atom. The standard InChI is InChI=1S/C11H17N5S/c1-4-9-10(12)11(16(3)14-9)15(2)5-8-6-17-7-13-8/h6-7H,4-5,12H2,1-3H3. The molecule has 17 heavy (non-hydrogen) atoms. The van der Waals surface area contributed by atoms with E-state index < -0.39 is 0 Å². The van der Waals surface area contributed by atoms with Gasteiger partial charge in [0.25, 0.3) is 0 Å². The molecule has 0 radical (unpaired) electrons. The number of nitrogens with zero attached hydrogens (tertiary/aromatic N) is 4. The van der Waals surface area contributed by atoms with Crippen LogP contribution in [0.2, 0.25) is 0 Å². The highest BCUT2D eigenvalue weighted by Gasteiger charge is 2.16. The first-order valence-electron chi connectivity index (χ1n) is 5.53. The molecule has 2 heterocycles. The molecule has 0 saturated heterocycles. The Kier molecular flexibility index (Phi) is 3.33. The van der Waals surface area contributed by atoms with Crippen LogP contribution in [0.15, 0.2) is 10.9 Å². The summed E-state index contributed by atoms with van der Waals surface area (Å²) >= 11 is 1.60. The van der Waals surface area contributed by atoms with Crippen molar-refractivity contribution in [3.8, 4) is 0 Å². The zero-order valence-corrected chi connectivity index (χ0v) is 11.2. The first kappa shape index (κ1) is 11.9. The first-order valence-corrected chi connectivity index (χ1v) is 6.47. The lowest BCUT2D eigenvalue weighted by atomic mass is 10.3. The molecule has 0 bridgehead atoms. The summed E-state index contributed by atoms with van der Waals surface area (Å²) in [5, 5.41) is 6.46. The van der Waals surface area contributed by atoms with E-state index in [0.29, 0.717) is 0 Å². The molecule has 2 rings (SSSR count). The van der Waals surface area contributed by atoms with E-state index in [-0.39, 0.29) is 0 Å². The Hall–Kier alpha value is -1.56. The van der Waals surface area contributed by atoms with Gasteiger partial charge in [0.05, 0.1) is 29.1 Å². The van der Waals surface area contributed by atoms with Crippen LogP contribution in [0.4, 0.5) is 11.5 Å². The minimum atomic E-state index is 0.746. The number of aromatic nitrogens is 3. The number of hydrogen-bond donors (Lipinski definition) is 1. The van der Waals surface area contributed by atoms with E-state index >= 15 is 0 Å². The highest BCUT2D eigenvalue weighted by atomic mass is 32.1. The Balaban J connectivity index is 2.24. The van der Waals surface area contributed by atoms with Crippen molar-refractivity contribution in [1.29, 1.82) is 0 Å². The first-order chi connectivity index (χ1) is 8.13. The quantitative estimate of drug-likeness (QED) is 0.897. The summed E-state index contributed by atoms with van der Waals surface area (Å²) in [6.45, 7) is 2.80. The van der Waals surface area contributed by atoms with Gasteiger partial charge in [-0.1, -0.05) is 6.92 Å². The largest absolute Gasteiger partial charge is 0.394 e. The summed E-state index contributed by atoms with van der Waals surface area (Å²) in [7, 11) is 3.93. The number of anilines is 2. The molecule has 6 heteroatoms. The molecule has 2 N–H and O–H groups in total. The van der Waals surface area contributed by atoms with Crippen molar-refractivity contribution in [1.82, 2.24) is 14.8 Å². The Labute approximate surface area is 105 Å². The van der Waals surface area contributed by atoms with Crippen LogP contribution in [0, 0.1) is 0 Å². The molecule has 0 spiro atoms. The lowest BCUT2D eigenvalue weighted by Gasteiger charge is -2.18. The van der Waals surface area contributed by atoms with Gasteiger partial charge >= 0.3 is 0 Å². The number of nitrogens with two attached hydrogens (primary N) is 1. The molecule has 0 fully saturated rings. The molecular weight excluding hydrogens is 234 g/mol. The van der Waals surface area contributed by atoms with Gasteiger partial charge in [-0.3, -0.25) is 4.68 Å². The number of rotatable bonds is 4. The minimum Gasteiger partial charge on any atom is -0.394 e. The number of thiazole rings is 1. The molecule has 0 atom stereocenters. The summed E-state index contributed by atoms with van der Waals surface area (Å²) < 4.78 is 1.83. The fourth-order valence-corrected chi connectivity index (χ4v) is 2.48. The maximum atomic E-state index is 6.10. The second kappa shape index (κ2) is 4.75. The van der Waals surface area contributed by atoms with Gasteiger partial charge in [-0.15, -0.1) is 11.3 Å². The predicted molar refractivity (Wildman–Crippen MR) is 71.2 cm³/mol. The fraction of sp³-hybridized carbons (Fsp3) is 0.455. The normalized spacial score (nSPS) is 10.8. The zero-order chi connectivity index (χ0) is 12.4. The van der Waals surface area contributed by atoms with Crippen molar-refractivity contribution in [3.63, 3.8) is 0 Å². The predicted octanol–water partition coefficient (Wildman–Crippen LogP) is 1.66. The summed E-state index contributed by atoms with van der Waals surface area (Å²) in [4.78, 5) is 6.35. The van der Waals surface area contributed by atoms with Crippen LogP contribution in [-0.4, -0.2) is 21.8 Å². The minimum absolute atomic E-state index is 0.746. The monoisotopic (exact) mass is 251 g/mol. The Morgan fingerprint density at radius 1 is 1.53 bits per heavy atom. The average molecular weight is 251 g/mol. The maximum absolute atomic E-state index is 6.10. The smallest absolute Gasteiger partial charge is 0.150 e. The summed E-state index contributed by atoms with van der Waals surface area (Å²) in [5.41, 5.74) is 10.7. The van der Waals surface area contributed by atoms with Gasteiger partial charge in [-0.2, -0.15) is 5.10 Å². The van der Waals surface area contributed by atoms with Crippen molar-refractivity contribution in [2.45, 2.75) is 19.9 Å². The molecular formula is C11H17N5S. The lowest BCUT2D eigenvalue weighted by molar-refractivity contribution is 0.718. The molecule has 92 valence electrons. The van der Waals surface area contributed by atoms with E-state index in [1.54, 1.807) is 11.3 Å². The van der Waals surface area contributed by atoms with Gasteiger partial charge < -0.3 is 10.6 Å². The molecule has 2 aromatic heterocycles. The van der Waals surface area contributed by atoms with Crippen LogP contribution in [0.1, 0.15) is 18.3 Å². The van der Waals surface area contributed by atoms with Crippen molar-refractivity contribution < 1.29 is 0 Å². The van der Waals surface area contributed by atoms with Gasteiger partial charge in [0.1, 0.15) is 0 Å². The number of nitrogen functional groups attached to an aromatic ring is 1. The lowest BCUT2D eigenvalue weighted by Crippen LogP contribution is -2.20. The second-order valence-electron chi connectivity index (χ2n) is 4.00. The van der Waals surface area contributed by atoms with Crippen LogP contribution >= 0.6 is 11.3 Å². The molecule has 5 nitrogen and oxygen atoms in total. The molecule has 0 unspecified atom stereocenters. The van der Waals surface area contributed by atoms with Crippen LogP contribution in [-0.2, 0) is 20.0 Å². The SMILES string of the molecule is CCc1nn(C)c(N(C)Cc2cscn2)c1N. The van der Waals surface area contributed by atoms with Crippen molar-refractivity contribution >= 4 is 22.8 Å². The molecule has 0 saturated carbocycles. The van der Waals surface area contributed by atoms with Crippen molar-refractivity contribution in [2.24, 2.45) is 7.05 Å². The molecule has 2 aromatic rings. The summed E-state index contributed by atoms with van der Waals surface area (Å²) in [6.07, 6.45) is 0.851. The van der Waals surface area contributed by atoms with E-state index in [1.165, 1.54) is 0 Å². The highest BCUT2D eigenvalue weighted by molar-refractivity contribution is 7.07.